The number of amides is 1. The normalized spacial score (nSPS) is 19.4. The molecule has 1 amide bonds. The van der Waals surface area contributed by atoms with Gasteiger partial charge in [0.25, 0.3) is 0 Å². The average Bonchev–Trinajstić information content (AvgIpc) is 2.26. The third-order valence-corrected chi connectivity index (χ3v) is 2.58. The van der Waals surface area contributed by atoms with Gasteiger partial charge < -0.3 is 10.2 Å². The summed E-state index contributed by atoms with van der Waals surface area (Å²) >= 11 is 0. The minimum Gasteiger partial charge on any atom is -0.341 e. The third kappa shape index (κ3) is 3.25. The first-order valence-corrected chi connectivity index (χ1v) is 5.34. The van der Waals surface area contributed by atoms with Gasteiger partial charge in [-0.25, -0.2) is 4.39 Å². The Balaban J connectivity index is 2.30. The molecule has 82 valence electrons. The van der Waals surface area contributed by atoms with E-state index in [0.29, 0.717) is 0 Å². The summed E-state index contributed by atoms with van der Waals surface area (Å²) in [6.45, 7) is 3.37. The molecule has 1 fully saturated rings. The van der Waals surface area contributed by atoms with Gasteiger partial charge in [-0.15, -0.1) is 0 Å². The summed E-state index contributed by atoms with van der Waals surface area (Å²) in [4.78, 5) is 13.6. The van der Waals surface area contributed by atoms with Crippen LogP contribution < -0.4 is 5.32 Å². The van der Waals surface area contributed by atoms with Crippen molar-refractivity contribution in [2.24, 2.45) is 0 Å². The van der Waals surface area contributed by atoms with E-state index in [4.69, 9.17) is 0 Å². The van der Waals surface area contributed by atoms with E-state index < -0.39 is 6.67 Å². The number of likely N-dealkylation sites (tertiary alicyclic amines) is 1. The highest BCUT2D eigenvalue weighted by Gasteiger charge is 2.21. The summed E-state index contributed by atoms with van der Waals surface area (Å²) in [6.07, 6.45) is 3.42. The van der Waals surface area contributed by atoms with E-state index in [1.165, 1.54) is 6.42 Å². The van der Waals surface area contributed by atoms with Gasteiger partial charge in [-0.05, 0) is 26.2 Å². The number of hydrogen-bond acceptors (Lipinski definition) is 2. The molecule has 0 bridgehead atoms. The molecular formula is C10H19FN2O. The van der Waals surface area contributed by atoms with Crippen LogP contribution in [0.5, 0.6) is 0 Å². The van der Waals surface area contributed by atoms with Crippen molar-refractivity contribution >= 4 is 5.91 Å². The molecule has 0 aliphatic carbocycles. The zero-order valence-corrected chi connectivity index (χ0v) is 8.76. The third-order valence-electron chi connectivity index (χ3n) is 2.58. The number of alkyl halides is 1. The molecule has 0 aromatic carbocycles. The van der Waals surface area contributed by atoms with Gasteiger partial charge in [0.1, 0.15) is 6.67 Å². The monoisotopic (exact) mass is 202 g/mol. The molecule has 1 aliphatic heterocycles. The highest BCUT2D eigenvalue weighted by atomic mass is 19.1. The van der Waals surface area contributed by atoms with Crippen LogP contribution in [0.3, 0.4) is 0 Å². The molecule has 0 saturated carbocycles. The Morgan fingerprint density at radius 2 is 2.07 bits per heavy atom. The van der Waals surface area contributed by atoms with Gasteiger partial charge in [0.05, 0.1) is 6.04 Å². The van der Waals surface area contributed by atoms with Crippen molar-refractivity contribution in [2.75, 3.05) is 26.3 Å². The Labute approximate surface area is 84.7 Å². The van der Waals surface area contributed by atoms with Crippen molar-refractivity contribution in [1.82, 2.24) is 10.2 Å². The second-order valence-electron chi connectivity index (χ2n) is 3.75. The molecule has 1 aliphatic rings. The van der Waals surface area contributed by atoms with Crippen LogP contribution >= 0.6 is 0 Å². The van der Waals surface area contributed by atoms with Crippen molar-refractivity contribution < 1.29 is 9.18 Å². The maximum absolute atomic E-state index is 11.9. The fourth-order valence-corrected chi connectivity index (χ4v) is 1.75. The zero-order valence-electron chi connectivity index (χ0n) is 8.76. The lowest BCUT2D eigenvalue weighted by molar-refractivity contribution is -0.133. The Kier molecular flexibility index (Phi) is 4.87. The van der Waals surface area contributed by atoms with Gasteiger partial charge in [-0.3, -0.25) is 4.79 Å². The molecule has 1 heterocycles. The number of hydrogen-bond donors (Lipinski definition) is 1. The summed E-state index contributed by atoms with van der Waals surface area (Å²) in [5.41, 5.74) is 0. The maximum atomic E-state index is 11.9. The molecule has 1 saturated heterocycles. The van der Waals surface area contributed by atoms with Gasteiger partial charge in [0, 0.05) is 19.6 Å². The molecule has 0 spiro atoms. The van der Waals surface area contributed by atoms with Crippen molar-refractivity contribution in [3.05, 3.63) is 0 Å². The van der Waals surface area contributed by atoms with Gasteiger partial charge in [-0.1, -0.05) is 0 Å². The zero-order chi connectivity index (χ0) is 10.4. The Morgan fingerprint density at radius 1 is 1.43 bits per heavy atom. The maximum Gasteiger partial charge on any atom is 0.239 e. The van der Waals surface area contributed by atoms with Gasteiger partial charge in [0.15, 0.2) is 0 Å². The van der Waals surface area contributed by atoms with E-state index in [9.17, 15) is 9.18 Å². The number of piperidine rings is 1. The molecule has 1 unspecified atom stereocenters. The second kappa shape index (κ2) is 5.96. The number of carbonyl (C=O) groups is 1. The van der Waals surface area contributed by atoms with Gasteiger partial charge in [0.2, 0.25) is 5.91 Å². The van der Waals surface area contributed by atoms with Gasteiger partial charge >= 0.3 is 0 Å². The van der Waals surface area contributed by atoms with Crippen LogP contribution in [-0.2, 0) is 4.79 Å². The first-order valence-electron chi connectivity index (χ1n) is 5.34. The van der Waals surface area contributed by atoms with E-state index in [-0.39, 0.29) is 18.5 Å². The van der Waals surface area contributed by atoms with Crippen LogP contribution in [-0.4, -0.2) is 43.2 Å². The molecule has 4 heteroatoms. The number of carbonyl (C=O) groups excluding carboxylic acids is 1. The number of nitrogens with zero attached hydrogens (tertiary/aromatic N) is 1. The predicted molar refractivity (Wildman–Crippen MR) is 53.9 cm³/mol. The van der Waals surface area contributed by atoms with E-state index in [1.54, 1.807) is 6.92 Å². The average molecular weight is 202 g/mol. The molecule has 0 aromatic rings. The standard InChI is InChI=1S/C10H19FN2O/c1-9(12-6-5-11)10(14)13-7-3-2-4-8-13/h9,12H,2-8H2,1H3. The molecule has 1 atom stereocenters. The van der Waals surface area contributed by atoms with Crippen LogP contribution in [0.4, 0.5) is 4.39 Å². The lowest BCUT2D eigenvalue weighted by atomic mass is 10.1. The van der Waals surface area contributed by atoms with E-state index in [1.807, 2.05) is 4.90 Å². The molecule has 0 radical (unpaired) electrons. The molecule has 3 nitrogen and oxygen atoms in total. The van der Waals surface area contributed by atoms with Crippen molar-refractivity contribution in [3.8, 4) is 0 Å². The summed E-state index contributed by atoms with van der Waals surface area (Å²) in [6, 6.07) is -0.246. The van der Waals surface area contributed by atoms with E-state index in [0.717, 1.165) is 25.9 Å². The second-order valence-corrected chi connectivity index (χ2v) is 3.75. The fraction of sp³-hybridized carbons (Fsp3) is 0.900. The van der Waals surface area contributed by atoms with Crippen LogP contribution in [0.1, 0.15) is 26.2 Å². The Bertz CT molecular complexity index is 181. The van der Waals surface area contributed by atoms with Crippen LogP contribution in [0, 0.1) is 0 Å². The van der Waals surface area contributed by atoms with E-state index >= 15 is 0 Å². The molecule has 1 rings (SSSR count). The highest BCUT2D eigenvalue weighted by molar-refractivity contribution is 5.81. The first-order chi connectivity index (χ1) is 6.75. The molecule has 14 heavy (non-hydrogen) atoms. The largest absolute Gasteiger partial charge is 0.341 e. The molecule has 0 aromatic heterocycles. The van der Waals surface area contributed by atoms with Gasteiger partial charge in [-0.2, -0.15) is 0 Å². The van der Waals surface area contributed by atoms with Crippen molar-refractivity contribution in [2.45, 2.75) is 32.2 Å². The first kappa shape index (κ1) is 11.4. The number of halogens is 1. The summed E-state index contributed by atoms with van der Waals surface area (Å²) in [5, 5.41) is 2.86. The van der Waals surface area contributed by atoms with Crippen molar-refractivity contribution in [3.63, 3.8) is 0 Å². The van der Waals surface area contributed by atoms with Crippen LogP contribution in [0.2, 0.25) is 0 Å². The predicted octanol–water partition coefficient (Wildman–Crippen LogP) is 0.946. The number of rotatable bonds is 4. The van der Waals surface area contributed by atoms with Crippen LogP contribution in [0.25, 0.3) is 0 Å². The summed E-state index contributed by atoms with van der Waals surface area (Å²) in [7, 11) is 0. The topological polar surface area (TPSA) is 32.3 Å². The summed E-state index contributed by atoms with van der Waals surface area (Å²) in [5.74, 6) is 0.109. The molecule has 1 N–H and O–H groups in total. The lowest BCUT2D eigenvalue weighted by Crippen LogP contribution is -2.47. The highest BCUT2D eigenvalue weighted by Crippen LogP contribution is 2.09. The minimum absolute atomic E-state index is 0.109. The fourth-order valence-electron chi connectivity index (χ4n) is 1.75. The van der Waals surface area contributed by atoms with E-state index in [2.05, 4.69) is 5.32 Å². The lowest BCUT2D eigenvalue weighted by Gasteiger charge is -2.29. The van der Waals surface area contributed by atoms with Crippen LogP contribution in [0.15, 0.2) is 0 Å². The summed E-state index contributed by atoms with van der Waals surface area (Å²) < 4.78 is 11.9. The Morgan fingerprint density at radius 3 is 2.64 bits per heavy atom. The van der Waals surface area contributed by atoms with Crippen molar-refractivity contribution in [1.29, 1.82) is 0 Å². The molecular weight excluding hydrogens is 183 g/mol. The Hall–Kier alpha value is -0.640. The number of nitrogens with one attached hydrogen (secondary N) is 1. The smallest absolute Gasteiger partial charge is 0.239 e. The minimum atomic E-state index is -0.419. The quantitative estimate of drug-likeness (QED) is 0.736. The SMILES string of the molecule is CC(NCCF)C(=O)N1CCCCC1.